The molecule has 2 aromatic rings. The number of amides is 2. The molecule has 0 aliphatic carbocycles. The number of carbonyl (C=O) groups is 2. The summed E-state index contributed by atoms with van der Waals surface area (Å²) in [4.78, 5) is 23.0. The summed E-state index contributed by atoms with van der Waals surface area (Å²) in [6.07, 6.45) is 0. The fourth-order valence-electron chi connectivity index (χ4n) is 1.75. The van der Waals surface area contributed by atoms with Gasteiger partial charge in [0.15, 0.2) is 0 Å². The Labute approximate surface area is 137 Å². The van der Waals surface area contributed by atoms with Gasteiger partial charge in [-0.15, -0.1) is 0 Å². The second-order valence-corrected chi connectivity index (χ2v) is 5.31. The maximum absolute atomic E-state index is 11.9. The summed E-state index contributed by atoms with van der Waals surface area (Å²) in [5.74, 6) is -0.826. The van der Waals surface area contributed by atoms with Gasteiger partial charge in [-0.25, -0.2) is 0 Å². The Bertz CT molecular complexity index is 720. The number of primary amides is 1. The number of halogens is 2. The molecule has 4 N–H and O–H groups in total. The quantitative estimate of drug-likeness (QED) is 0.783. The highest BCUT2D eigenvalue weighted by Crippen LogP contribution is 2.25. The molecule has 0 unspecified atom stereocenters. The number of hydrogen-bond acceptors (Lipinski definition) is 3. The highest BCUT2D eigenvalue weighted by molar-refractivity contribution is 6.35. The molecule has 0 aliphatic rings. The molecular formula is C15H13Cl2N3O2. The molecule has 0 radical (unpaired) electrons. The van der Waals surface area contributed by atoms with Crippen molar-refractivity contribution in [2.75, 3.05) is 17.2 Å². The first-order valence-corrected chi connectivity index (χ1v) is 7.10. The van der Waals surface area contributed by atoms with Crippen LogP contribution in [-0.4, -0.2) is 18.4 Å². The molecule has 2 amide bonds. The van der Waals surface area contributed by atoms with Crippen LogP contribution < -0.4 is 16.4 Å². The average Bonchev–Trinajstić information content (AvgIpc) is 2.49. The van der Waals surface area contributed by atoms with E-state index in [0.29, 0.717) is 27.0 Å². The van der Waals surface area contributed by atoms with Crippen LogP contribution in [0.4, 0.5) is 11.4 Å². The summed E-state index contributed by atoms with van der Waals surface area (Å²) in [6.45, 7) is 0.00502. The molecule has 0 aliphatic heterocycles. The summed E-state index contributed by atoms with van der Waals surface area (Å²) in [6, 6.07) is 11.4. The van der Waals surface area contributed by atoms with Crippen molar-refractivity contribution in [2.24, 2.45) is 5.73 Å². The van der Waals surface area contributed by atoms with E-state index in [1.165, 1.54) is 0 Å². The normalized spacial score (nSPS) is 10.1. The van der Waals surface area contributed by atoms with E-state index in [9.17, 15) is 9.59 Å². The second-order valence-electron chi connectivity index (χ2n) is 4.47. The summed E-state index contributed by atoms with van der Waals surface area (Å²) >= 11 is 11.8. The standard InChI is InChI=1S/C15H13Cl2N3O2/c16-10-4-5-12(17)13(7-10)20-14(21)8-19-11-3-1-2-9(6-11)15(18)22/h1-7,19H,8H2,(H2,18,22)(H,20,21). The molecule has 0 spiro atoms. The summed E-state index contributed by atoms with van der Waals surface area (Å²) < 4.78 is 0. The smallest absolute Gasteiger partial charge is 0.248 e. The van der Waals surface area contributed by atoms with Crippen LogP contribution in [0.2, 0.25) is 10.0 Å². The number of carbonyl (C=O) groups excluding carboxylic acids is 2. The Kier molecular flexibility index (Phi) is 5.25. The van der Waals surface area contributed by atoms with E-state index < -0.39 is 5.91 Å². The van der Waals surface area contributed by atoms with Crippen LogP contribution in [-0.2, 0) is 4.79 Å². The zero-order chi connectivity index (χ0) is 16.1. The van der Waals surface area contributed by atoms with E-state index in [1.54, 1.807) is 42.5 Å². The average molecular weight is 338 g/mol. The first-order valence-electron chi connectivity index (χ1n) is 6.34. The van der Waals surface area contributed by atoms with Crippen molar-refractivity contribution in [3.05, 3.63) is 58.1 Å². The number of nitrogens with one attached hydrogen (secondary N) is 2. The fraction of sp³-hybridized carbons (Fsp3) is 0.0667. The number of hydrogen-bond donors (Lipinski definition) is 3. The van der Waals surface area contributed by atoms with Gasteiger partial charge in [-0.05, 0) is 36.4 Å². The van der Waals surface area contributed by atoms with Crippen molar-refractivity contribution in [3.8, 4) is 0 Å². The van der Waals surface area contributed by atoms with Crippen molar-refractivity contribution in [2.45, 2.75) is 0 Å². The van der Waals surface area contributed by atoms with E-state index >= 15 is 0 Å². The number of anilines is 2. The highest BCUT2D eigenvalue weighted by atomic mass is 35.5. The second kappa shape index (κ2) is 7.15. The number of rotatable bonds is 5. The number of nitrogens with two attached hydrogens (primary N) is 1. The van der Waals surface area contributed by atoms with Crippen molar-refractivity contribution in [3.63, 3.8) is 0 Å². The van der Waals surface area contributed by atoms with Crippen LogP contribution in [0.1, 0.15) is 10.4 Å². The lowest BCUT2D eigenvalue weighted by Crippen LogP contribution is -2.22. The molecular weight excluding hydrogens is 325 g/mol. The van der Waals surface area contributed by atoms with Crippen molar-refractivity contribution in [1.29, 1.82) is 0 Å². The topological polar surface area (TPSA) is 84.2 Å². The first kappa shape index (κ1) is 16.1. The fourth-order valence-corrected chi connectivity index (χ4v) is 2.09. The van der Waals surface area contributed by atoms with Crippen molar-refractivity contribution < 1.29 is 9.59 Å². The van der Waals surface area contributed by atoms with E-state index in [-0.39, 0.29) is 12.5 Å². The minimum absolute atomic E-state index is 0.00502. The predicted octanol–water partition coefficient (Wildman–Crippen LogP) is 3.14. The zero-order valence-corrected chi connectivity index (χ0v) is 12.9. The van der Waals surface area contributed by atoms with Gasteiger partial charge in [0.25, 0.3) is 0 Å². The molecule has 5 nitrogen and oxygen atoms in total. The minimum atomic E-state index is -0.529. The maximum Gasteiger partial charge on any atom is 0.248 e. The Balaban J connectivity index is 1.97. The molecule has 0 bridgehead atoms. The van der Waals surface area contributed by atoms with Gasteiger partial charge in [-0.3, -0.25) is 9.59 Å². The Morgan fingerprint density at radius 3 is 2.59 bits per heavy atom. The SMILES string of the molecule is NC(=O)c1cccc(NCC(=O)Nc2cc(Cl)ccc2Cl)c1. The predicted molar refractivity (Wildman–Crippen MR) is 88.5 cm³/mol. The minimum Gasteiger partial charge on any atom is -0.376 e. The molecule has 0 atom stereocenters. The van der Waals surface area contributed by atoms with E-state index in [0.717, 1.165) is 0 Å². The van der Waals surface area contributed by atoms with Crippen molar-refractivity contribution >= 4 is 46.4 Å². The summed E-state index contributed by atoms with van der Waals surface area (Å²) in [7, 11) is 0. The molecule has 0 aromatic heterocycles. The summed E-state index contributed by atoms with van der Waals surface area (Å²) in [5, 5.41) is 6.42. The van der Waals surface area contributed by atoms with Crippen LogP contribution in [0.15, 0.2) is 42.5 Å². The molecule has 7 heteroatoms. The van der Waals surface area contributed by atoms with E-state index in [4.69, 9.17) is 28.9 Å². The molecule has 0 heterocycles. The van der Waals surface area contributed by atoms with Gasteiger partial charge < -0.3 is 16.4 Å². The van der Waals surface area contributed by atoms with Crippen LogP contribution in [0.25, 0.3) is 0 Å². The lowest BCUT2D eigenvalue weighted by molar-refractivity contribution is -0.114. The number of benzene rings is 2. The van der Waals surface area contributed by atoms with Crippen LogP contribution >= 0.6 is 23.2 Å². The summed E-state index contributed by atoms with van der Waals surface area (Å²) in [5.41, 5.74) is 6.61. The van der Waals surface area contributed by atoms with E-state index in [2.05, 4.69) is 10.6 Å². The molecule has 2 aromatic carbocycles. The van der Waals surface area contributed by atoms with Crippen LogP contribution in [0, 0.1) is 0 Å². The molecule has 0 saturated heterocycles. The maximum atomic E-state index is 11.9. The molecule has 0 saturated carbocycles. The third kappa shape index (κ3) is 4.38. The molecule has 0 fully saturated rings. The largest absolute Gasteiger partial charge is 0.376 e. The Morgan fingerprint density at radius 2 is 1.86 bits per heavy atom. The Hall–Kier alpha value is -2.24. The lowest BCUT2D eigenvalue weighted by atomic mass is 10.2. The van der Waals surface area contributed by atoms with Gasteiger partial charge >= 0.3 is 0 Å². The third-order valence-corrected chi connectivity index (χ3v) is 3.37. The lowest BCUT2D eigenvalue weighted by Gasteiger charge is -2.10. The molecule has 22 heavy (non-hydrogen) atoms. The van der Waals surface area contributed by atoms with Crippen LogP contribution in [0.5, 0.6) is 0 Å². The van der Waals surface area contributed by atoms with Gasteiger partial charge in [0.05, 0.1) is 17.3 Å². The van der Waals surface area contributed by atoms with Gasteiger partial charge in [0, 0.05) is 16.3 Å². The van der Waals surface area contributed by atoms with E-state index in [1.807, 2.05) is 0 Å². The zero-order valence-electron chi connectivity index (χ0n) is 11.4. The third-order valence-electron chi connectivity index (χ3n) is 2.80. The van der Waals surface area contributed by atoms with Gasteiger partial charge in [0.2, 0.25) is 11.8 Å². The highest BCUT2D eigenvalue weighted by Gasteiger charge is 2.07. The Morgan fingerprint density at radius 1 is 1.09 bits per heavy atom. The van der Waals surface area contributed by atoms with Gasteiger partial charge in [-0.1, -0.05) is 29.3 Å². The van der Waals surface area contributed by atoms with Gasteiger partial charge in [0.1, 0.15) is 0 Å². The van der Waals surface area contributed by atoms with Gasteiger partial charge in [-0.2, -0.15) is 0 Å². The molecule has 114 valence electrons. The molecule has 2 rings (SSSR count). The van der Waals surface area contributed by atoms with Crippen molar-refractivity contribution in [1.82, 2.24) is 0 Å². The monoisotopic (exact) mass is 337 g/mol. The van der Waals surface area contributed by atoms with Crippen LogP contribution in [0.3, 0.4) is 0 Å². The first-order chi connectivity index (χ1) is 10.5.